The summed E-state index contributed by atoms with van der Waals surface area (Å²) in [6, 6.07) is 6.83. The average Bonchev–Trinajstić information content (AvgIpc) is 3.03. The molecule has 0 unspecified atom stereocenters. The van der Waals surface area contributed by atoms with E-state index in [1.54, 1.807) is 36.3 Å². The maximum atomic E-state index is 12.5. The summed E-state index contributed by atoms with van der Waals surface area (Å²) in [4.78, 5) is 26.5. The molecule has 1 aliphatic rings. The molecule has 1 fully saturated rings. The number of nitrogens with zero attached hydrogens (tertiary/aromatic N) is 1. The highest BCUT2D eigenvalue weighted by molar-refractivity contribution is 5.97. The molecule has 5 heteroatoms. The number of carbonyl (C=O) groups excluding carboxylic acids is 2. The van der Waals surface area contributed by atoms with Crippen LogP contribution in [0.5, 0.6) is 5.75 Å². The number of rotatable bonds is 5. The molecule has 120 valence electrons. The van der Waals surface area contributed by atoms with Crippen LogP contribution in [0.1, 0.15) is 33.1 Å². The predicted octanol–water partition coefficient (Wildman–Crippen LogP) is 2.67. The van der Waals surface area contributed by atoms with Crippen molar-refractivity contribution in [2.75, 3.05) is 19.0 Å². The van der Waals surface area contributed by atoms with E-state index in [0.29, 0.717) is 12.2 Å². The predicted molar refractivity (Wildman–Crippen MR) is 85.8 cm³/mol. The zero-order valence-corrected chi connectivity index (χ0v) is 13.5. The van der Waals surface area contributed by atoms with Gasteiger partial charge in [0.15, 0.2) is 0 Å². The fraction of sp³-hybridized carbons (Fsp3) is 0.529. The molecule has 1 N–H and O–H groups in total. The molecule has 22 heavy (non-hydrogen) atoms. The number of likely N-dealkylation sites (tertiary alicyclic amines) is 1. The lowest BCUT2D eigenvalue weighted by Crippen LogP contribution is -2.45. The second kappa shape index (κ2) is 7.29. The van der Waals surface area contributed by atoms with Gasteiger partial charge in [0, 0.05) is 18.2 Å². The molecule has 1 aromatic carbocycles. The van der Waals surface area contributed by atoms with E-state index in [1.807, 2.05) is 13.8 Å². The number of anilines is 1. The van der Waals surface area contributed by atoms with Crippen LogP contribution in [-0.4, -0.2) is 36.4 Å². The Balaban J connectivity index is 2.02. The first-order valence-corrected chi connectivity index (χ1v) is 7.82. The van der Waals surface area contributed by atoms with Crippen LogP contribution in [0.3, 0.4) is 0 Å². The van der Waals surface area contributed by atoms with Gasteiger partial charge < -0.3 is 15.0 Å². The van der Waals surface area contributed by atoms with Crippen molar-refractivity contribution in [3.63, 3.8) is 0 Å². The van der Waals surface area contributed by atoms with E-state index in [9.17, 15) is 9.59 Å². The Hall–Kier alpha value is -2.04. The molecular weight excluding hydrogens is 280 g/mol. The van der Waals surface area contributed by atoms with Gasteiger partial charge in [0.2, 0.25) is 11.8 Å². The fourth-order valence-corrected chi connectivity index (χ4v) is 2.66. The normalized spacial score (nSPS) is 18.9. The summed E-state index contributed by atoms with van der Waals surface area (Å²) in [6.45, 7) is 4.58. The maximum absolute atomic E-state index is 12.5. The number of carbonyl (C=O) groups is 2. The van der Waals surface area contributed by atoms with Gasteiger partial charge in [-0.1, -0.05) is 13.8 Å². The van der Waals surface area contributed by atoms with Crippen LogP contribution in [0.25, 0.3) is 0 Å². The number of amides is 2. The largest absolute Gasteiger partial charge is 0.497 e. The minimum atomic E-state index is -0.358. The molecule has 2 atom stereocenters. The third-order valence-electron chi connectivity index (χ3n) is 4.23. The van der Waals surface area contributed by atoms with Gasteiger partial charge in [-0.15, -0.1) is 0 Å². The molecule has 2 amide bonds. The Kier molecular flexibility index (Phi) is 5.41. The minimum Gasteiger partial charge on any atom is -0.497 e. The Morgan fingerprint density at radius 1 is 1.36 bits per heavy atom. The van der Waals surface area contributed by atoms with E-state index in [4.69, 9.17) is 4.74 Å². The lowest BCUT2D eigenvalue weighted by atomic mass is 10.1. The van der Waals surface area contributed by atoms with Crippen LogP contribution in [0.15, 0.2) is 24.3 Å². The van der Waals surface area contributed by atoms with Gasteiger partial charge in [0.05, 0.1) is 7.11 Å². The lowest BCUT2D eigenvalue weighted by Gasteiger charge is -2.26. The Labute approximate surface area is 131 Å². The van der Waals surface area contributed by atoms with Crippen molar-refractivity contribution >= 4 is 17.5 Å². The van der Waals surface area contributed by atoms with Gasteiger partial charge in [-0.3, -0.25) is 9.59 Å². The number of benzene rings is 1. The Morgan fingerprint density at radius 3 is 2.64 bits per heavy atom. The lowest BCUT2D eigenvalue weighted by molar-refractivity contribution is -0.139. The van der Waals surface area contributed by atoms with E-state index in [1.165, 1.54) is 0 Å². The third-order valence-corrected chi connectivity index (χ3v) is 4.23. The third kappa shape index (κ3) is 3.59. The first-order valence-electron chi connectivity index (χ1n) is 7.82. The standard InChI is InChI=1S/C17H24N2O3/c1-4-12(2)17(21)19-11-5-6-15(19)16(20)18-13-7-9-14(22-3)10-8-13/h7-10,12,15H,4-6,11H2,1-3H3,(H,18,20)/t12-,15+/m0/s1. The molecule has 0 bridgehead atoms. The summed E-state index contributed by atoms with van der Waals surface area (Å²) in [5.41, 5.74) is 0.716. The number of hydrogen-bond acceptors (Lipinski definition) is 3. The van der Waals surface area contributed by atoms with Gasteiger partial charge in [-0.2, -0.15) is 0 Å². The molecule has 0 spiro atoms. The maximum Gasteiger partial charge on any atom is 0.247 e. The van der Waals surface area contributed by atoms with Crippen molar-refractivity contribution < 1.29 is 14.3 Å². The van der Waals surface area contributed by atoms with E-state index in [0.717, 1.165) is 25.0 Å². The molecule has 2 rings (SSSR count). The van der Waals surface area contributed by atoms with Crippen molar-refractivity contribution in [3.8, 4) is 5.75 Å². The molecule has 1 aliphatic heterocycles. The van der Waals surface area contributed by atoms with E-state index in [-0.39, 0.29) is 23.8 Å². The molecule has 1 heterocycles. The number of methoxy groups -OCH3 is 1. The number of ether oxygens (including phenoxy) is 1. The van der Waals surface area contributed by atoms with E-state index >= 15 is 0 Å². The molecule has 1 saturated heterocycles. The molecule has 0 aromatic heterocycles. The van der Waals surface area contributed by atoms with Crippen LogP contribution in [0, 0.1) is 5.92 Å². The first kappa shape index (κ1) is 16.3. The van der Waals surface area contributed by atoms with Crippen LogP contribution in [0.4, 0.5) is 5.69 Å². The zero-order valence-electron chi connectivity index (χ0n) is 13.5. The molecular formula is C17H24N2O3. The van der Waals surface area contributed by atoms with Gasteiger partial charge in [-0.25, -0.2) is 0 Å². The van der Waals surface area contributed by atoms with Gasteiger partial charge >= 0.3 is 0 Å². The van der Waals surface area contributed by atoms with Crippen molar-refractivity contribution in [2.45, 2.75) is 39.2 Å². The Morgan fingerprint density at radius 2 is 2.05 bits per heavy atom. The summed E-state index contributed by atoms with van der Waals surface area (Å²) < 4.78 is 5.10. The van der Waals surface area contributed by atoms with Crippen molar-refractivity contribution in [3.05, 3.63) is 24.3 Å². The fourth-order valence-electron chi connectivity index (χ4n) is 2.66. The monoisotopic (exact) mass is 304 g/mol. The SMILES string of the molecule is CC[C@H](C)C(=O)N1CCC[C@@H]1C(=O)Nc1ccc(OC)cc1. The van der Waals surface area contributed by atoms with Crippen molar-refractivity contribution in [2.24, 2.45) is 5.92 Å². The van der Waals surface area contributed by atoms with Crippen molar-refractivity contribution in [1.82, 2.24) is 4.90 Å². The summed E-state index contributed by atoms with van der Waals surface area (Å²) in [6.07, 6.45) is 2.40. The highest BCUT2D eigenvalue weighted by atomic mass is 16.5. The summed E-state index contributed by atoms with van der Waals surface area (Å²) in [7, 11) is 1.60. The van der Waals surface area contributed by atoms with Crippen LogP contribution in [-0.2, 0) is 9.59 Å². The minimum absolute atomic E-state index is 0.0330. The first-order chi connectivity index (χ1) is 10.6. The second-order valence-electron chi connectivity index (χ2n) is 5.72. The van der Waals surface area contributed by atoms with Crippen molar-refractivity contribution in [1.29, 1.82) is 0 Å². The average molecular weight is 304 g/mol. The van der Waals surface area contributed by atoms with Crippen LogP contribution >= 0.6 is 0 Å². The zero-order chi connectivity index (χ0) is 16.1. The molecule has 0 radical (unpaired) electrons. The summed E-state index contributed by atoms with van der Waals surface area (Å²) in [5.74, 6) is 0.677. The highest BCUT2D eigenvalue weighted by Crippen LogP contribution is 2.23. The van der Waals surface area contributed by atoms with E-state index in [2.05, 4.69) is 5.32 Å². The topological polar surface area (TPSA) is 58.6 Å². The highest BCUT2D eigenvalue weighted by Gasteiger charge is 2.35. The van der Waals surface area contributed by atoms with Gasteiger partial charge in [-0.05, 0) is 43.5 Å². The summed E-state index contributed by atoms with van der Waals surface area (Å²) in [5, 5.41) is 2.89. The summed E-state index contributed by atoms with van der Waals surface area (Å²) >= 11 is 0. The smallest absolute Gasteiger partial charge is 0.247 e. The molecule has 1 aromatic rings. The molecule has 0 saturated carbocycles. The van der Waals surface area contributed by atoms with Gasteiger partial charge in [0.25, 0.3) is 0 Å². The van der Waals surface area contributed by atoms with E-state index < -0.39 is 0 Å². The molecule has 5 nitrogen and oxygen atoms in total. The van der Waals surface area contributed by atoms with Crippen LogP contribution < -0.4 is 10.1 Å². The number of hydrogen-bond donors (Lipinski definition) is 1. The molecule has 0 aliphatic carbocycles. The second-order valence-corrected chi connectivity index (χ2v) is 5.72. The van der Waals surface area contributed by atoms with Gasteiger partial charge in [0.1, 0.15) is 11.8 Å². The van der Waals surface area contributed by atoms with Crippen LogP contribution in [0.2, 0.25) is 0 Å². The number of nitrogens with one attached hydrogen (secondary N) is 1. The quantitative estimate of drug-likeness (QED) is 0.910. The Bertz CT molecular complexity index is 527.